The van der Waals surface area contributed by atoms with Crippen LogP contribution in [0.3, 0.4) is 0 Å². The molecule has 27 heavy (non-hydrogen) atoms. The van der Waals surface area contributed by atoms with Gasteiger partial charge in [-0.15, -0.1) is 0 Å². The van der Waals surface area contributed by atoms with Crippen molar-refractivity contribution >= 4 is 11.8 Å². The molecule has 2 aliphatic rings. The number of hydrogen-bond donors (Lipinski definition) is 0. The van der Waals surface area contributed by atoms with Crippen LogP contribution in [0.4, 0.5) is 14.6 Å². The fourth-order valence-electron chi connectivity index (χ4n) is 4.85. The van der Waals surface area contributed by atoms with Gasteiger partial charge in [0.25, 0.3) is 5.92 Å². The molecule has 1 fully saturated rings. The summed E-state index contributed by atoms with van der Waals surface area (Å²) in [6.07, 6.45) is 1.56. The summed E-state index contributed by atoms with van der Waals surface area (Å²) in [5.74, 6) is -3.45. The molecule has 1 aliphatic carbocycles. The van der Waals surface area contributed by atoms with Gasteiger partial charge in [0, 0.05) is 31.1 Å². The third kappa shape index (κ3) is 3.67. The molecule has 2 heterocycles. The monoisotopic (exact) mass is 380 g/mol. The van der Waals surface area contributed by atoms with Crippen molar-refractivity contribution in [1.82, 2.24) is 4.98 Å². The van der Waals surface area contributed by atoms with Crippen molar-refractivity contribution in [2.45, 2.75) is 65.2 Å². The number of rotatable bonds is 2. The van der Waals surface area contributed by atoms with Crippen LogP contribution in [0.1, 0.15) is 69.1 Å². The van der Waals surface area contributed by atoms with Gasteiger partial charge in [-0.25, -0.2) is 18.6 Å². The minimum absolute atomic E-state index is 0.0930. The second-order valence-electron chi connectivity index (χ2n) is 9.61. The number of fused-ring (bicyclic) bond motifs is 1. The Morgan fingerprint density at radius 2 is 1.96 bits per heavy atom. The summed E-state index contributed by atoms with van der Waals surface area (Å²) in [7, 11) is 1.34. The van der Waals surface area contributed by atoms with Crippen LogP contribution < -0.4 is 4.90 Å². The van der Waals surface area contributed by atoms with Crippen molar-refractivity contribution in [1.29, 1.82) is 0 Å². The molecule has 1 unspecified atom stereocenters. The van der Waals surface area contributed by atoms with E-state index in [4.69, 9.17) is 9.72 Å². The normalized spacial score (nSPS) is 25.6. The summed E-state index contributed by atoms with van der Waals surface area (Å²) in [6, 6.07) is 1.89. The van der Waals surface area contributed by atoms with E-state index in [1.165, 1.54) is 7.11 Å². The minimum Gasteiger partial charge on any atom is -0.465 e. The van der Waals surface area contributed by atoms with Gasteiger partial charge in [-0.2, -0.15) is 0 Å². The molecule has 0 radical (unpaired) electrons. The Balaban J connectivity index is 2.10. The molecule has 1 aliphatic heterocycles. The zero-order valence-corrected chi connectivity index (χ0v) is 17.2. The third-order valence-electron chi connectivity index (χ3n) is 6.01. The first-order valence-corrected chi connectivity index (χ1v) is 9.62. The first-order valence-electron chi connectivity index (χ1n) is 9.62. The maximum Gasteiger partial charge on any atom is 0.341 e. The van der Waals surface area contributed by atoms with Gasteiger partial charge in [0.2, 0.25) is 0 Å². The smallest absolute Gasteiger partial charge is 0.341 e. The summed E-state index contributed by atoms with van der Waals surface area (Å²) in [6.45, 7) is 10.7. The summed E-state index contributed by atoms with van der Waals surface area (Å²) >= 11 is 0. The van der Waals surface area contributed by atoms with Gasteiger partial charge in [0.1, 0.15) is 11.4 Å². The van der Waals surface area contributed by atoms with Gasteiger partial charge in [-0.05, 0) is 35.3 Å². The molecule has 1 atom stereocenters. The zero-order valence-electron chi connectivity index (χ0n) is 17.2. The van der Waals surface area contributed by atoms with E-state index in [2.05, 4.69) is 27.7 Å². The highest BCUT2D eigenvalue weighted by atomic mass is 19.3. The Morgan fingerprint density at radius 1 is 1.30 bits per heavy atom. The van der Waals surface area contributed by atoms with Crippen LogP contribution in [0.15, 0.2) is 6.07 Å². The number of carbonyl (C=O) groups excluding carboxylic acids is 1. The number of methoxy groups -OCH3 is 1. The van der Waals surface area contributed by atoms with E-state index in [1.54, 1.807) is 6.92 Å². The molecule has 6 heteroatoms. The molecular formula is C21H30F2N2O2. The van der Waals surface area contributed by atoms with E-state index in [0.29, 0.717) is 11.4 Å². The van der Waals surface area contributed by atoms with Crippen LogP contribution in [-0.2, 0) is 16.6 Å². The lowest BCUT2D eigenvalue weighted by molar-refractivity contribution is -0.0652. The number of pyridine rings is 1. The number of hydrogen-bond acceptors (Lipinski definition) is 4. The Morgan fingerprint density at radius 3 is 2.56 bits per heavy atom. The molecule has 0 aromatic carbocycles. The van der Waals surface area contributed by atoms with Crippen LogP contribution in [0.5, 0.6) is 0 Å². The summed E-state index contributed by atoms with van der Waals surface area (Å²) in [4.78, 5) is 19.2. The van der Waals surface area contributed by atoms with Gasteiger partial charge in [0.15, 0.2) is 0 Å². The van der Waals surface area contributed by atoms with Crippen molar-refractivity contribution in [3.63, 3.8) is 0 Å². The molecule has 150 valence electrons. The van der Waals surface area contributed by atoms with E-state index in [0.717, 1.165) is 24.1 Å². The predicted octanol–water partition coefficient (Wildman–Crippen LogP) is 4.60. The lowest BCUT2D eigenvalue weighted by atomic mass is 9.64. The van der Waals surface area contributed by atoms with Crippen molar-refractivity contribution in [2.24, 2.45) is 11.3 Å². The number of esters is 1. The van der Waals surface area contributed by atoms with E-state index in [-0.39, 0.29) is 30.3 Å². The number of aromatic nitrogens is 1. The van der Waals surface area contributed by atoms with Crippen LogP contribution in [0, 0.1) is 11.3 Å². The second-order valence-corrected chi connectivity index (χ2v) is 9.61. The number of alkyl halides is 2. The highest BCUT2D eigenvalue weighted by Gasteiger charge is 2.44. The standard InChI is InChI=1S/C21H30F2N2O2/c1-13-11-25(8-7-21(13,22)23)17-14(18(26)27-6)9-15-16(24-17)10-19(2,3)12-20(15,4)5/h9,13H,7-8,10-12H2,1-6H3. The first kappa shape index (κ1) is 20.0. The Kier molecular flexibility index (Phi) is 4.76. The average molecular weight is 380 g/mol. The van der Waals surface area contributed by atoms with Crippen molar-refractivity contribution in [2.75, 3.05) is 25.1 Å². The maximum atomic E-state index is 14.0. The quantitative estimate of drug-likeness (QED) is 0.703. The van der Waals surface area contributed by atoms with Crippen molar-refractivity contribution in [3.05, 3.63) is 22.9 Å². The van der Waals surface area contributed by atoms with Gasteiger partial charge >= 0.3 is 5.97 Å². The summed E-state index contributed by atoms with van der Waals surface area (Å²) < 4.78 is 32.9. The highest BCUT2D eigenvalue weighted by Crippen LogP contribution is 2.46. The molecule has 1 saturated heterocycles. The Bertz CT molecular complexity index is 759. The molecule has 0 amide bonds. The maximum absolute atomic E-state index is 14.0. The van der Waals surface area contributed by atoms with E-state index >= 15 is 0 Å². The number of carbonyl (C=O) groups is 1. The molecule has 1 aromatic heterocycles. The highest BCUT2D eigenvalue weighted by molar-refractivity contribution is 5.95. The number of ether oxygens (including phenoxy) is 1. The average Bonchev–Trinajstić information content (AvgIpc) is 2.54. The molecule has 0 saturated carbocycles. The number of halogens is 2. The molecule has 1 aromatic rings. The molecular weight excluding hydrogens is 350 g/mol. The van der Waals surface area contributed by atoms with Gasteiger partial charge in [-0.3, -0.25) is 0 Å². The largest absolute Gasteiger partial charge is 0.465 e. The molecule has 4 nitrogen and oxygen atoms in total. The fraction of sp³-hybridized carbons (Fsp3) is 0.714. The molecule has 0 N–H and O–H groups in total. The summed E-state index contributed by atoms with van der Waals surface area (Å²) in [5, 5.41) is 0. The molecule has 0 bridgehead atoms. The van der Waals surface area contributed by atoms with Gasteiger partial charge in [-0.1, -0.05) is 34.6 Å². The summed E-state index contributed by atoms with van der Waals surface area (Å²) in [5.41, 5.74) is 2.37. The lowest BCUT2D eigenvalue weighted by Gasteiger charge is -2.43. The van der Waals surface area contributed by atoms with Crippen molar-refractivity contribution < 1.29 is 18.3 Å². The third-order valence-corrected chi connectivity index (χ3v) is 6.01. The van der Waals surface area contributed by atoms with E-state index < -0.39 is 17.8 Å². The van der Waals surface area contributed by atoms with E-state index in [1.807, 2.05) is 11.0 Å². The van der Waals surface area contributed by atoms with Crippen LogP contribution in [0.2, 0.25) is 0 Å². The van der Waals surface area contributed by atoms with Crippen LogP contribution in [-0.4, -0.2) is 37.1 Å². The van der Waals surface area contributed by atoms with Gasteiger partial charge in [0.05, 0.1) is 7.11 Å². The second kappa shape index (κ2) is 6.42. The first-order chi connectivity index (χ1) is 12.4. The number of nitrogens with zero attached hydrogens (tertiary/aromatic N) is 2. The van der Waals surface area contributed by atoms with E-state index in [9.17, 15) is 13.6 Å². The predicted molar refractivity (Wildman–Crippen MR) is 102 cm³/mol. The Labute approximate surface area is 160 Å². The number of anilines is 1. The minimum atomic E-state index is -2.68. The molecule has 3 rings (SSSR count). The van der Waals surface area contributed by atoms with Gasteiger partial charge < -0.3 is 9.64 Å². The number of piperidine rings is 1. The SMILES string of the molecule is COC(=O)c1cc2c(nc1N1CCC(F)(F)C(C)C1)CC(C)(C)CC2(C)C. The lowest BCUT2D eigenvalue weighted by Crippen LogP contribution is -2.47. The topological polar surface area (TPSA) is 42.4 Å². The van der Waals surface area contributed by atoms with Crippen LogP contribution >= 0.6 is 0 Å². The zero-order chi connectivity index (χ0) is 20.2. The Hall–Kier alpha value is -1.72. The fourth-order valence-corrected chi connectivity index (χ4v) is 4.85. The van der Waals surface area contributed by atoms with Crippen LogP contribution in [0.25, 0.3) is 0 Å². The van der Waals surface area contributed by atoms with Crippen molar-refractivity contribution in [3.8, 4) is 0 Å². The molecule has 0 spiro atoms.